The van der Waals surface area contributed by atoms with E-state index in [9.17, 15) is 13.2 Å². The molecular formula is C13H14ClF3. The van der Waals surface area contributed by atoms with Gasteiger partial charge in [0.25, 0.3) is 0 Å². The fourth-order valence-corrected chi connectivity index (χ4v) is 1.59. The third-order valence-electron chi connectivity index (χ3n) is 2.59. The normalized spacial score (nSPS) is 14.2. The van der Waals surface area contributed by atoms with Gasteiger partial charge in [0.1, 0.15) is 0 Å². The fraction of sp³-hybridized carbons (Fsp3) is 0.385. The van der Waals surface area contributed by atoms with Crippen LogP contribution in [0.15, 0.2) is 24.3 Å². The lowest BCUT2D eigenvalue weighted by Crippen LogP contribution is -2.07. The summed E-state index contributed by atoms with van der Waals surface area (Å²) in [5.74, 6) is 0.229. The quantitative estimate of drug-likeness (QED) is 0.682. The summed E-state index contributed by atoms with van der Waals surface area (Å²) in [5, 5.41) is 0.124. The number of halogens is 4. The second-order valence-electron chi connectivity index (χ2n) is 3.94. The molecule has 0 amide bonds. The van der Waals surface area contributed by atoms with Crippen molar-refractivity contribution < 1.29 is 13.2 Å². The molecule has 0 aliphatic carbocycles. The summed E-state index contributed by atoms with van der Waals surface area (Å²) in [5.41, 5.74) is -0.647. The Hall–Kier alpha value is -0.960. The van der Waals surface area contributed by atoms with E-state index in [1.165, 1.54) is 18.2 Å². The van der Waals surface area contributed by atoms with Crippen LogP contribution in [-0.4, -0.2) is 0 Å². The number of hydrogen-bond acceptors (Lipinski definition) is 0. The zero-order valence-corrected chi connectivity index (χ0v) is 10.4. The van der Waals surface area contributed by atoms with E-state index in [2.05, 4.69) is 0 Å². The van der Waals surface area contributed by atoms with Crippen LogP contribution >= 0.6 is 11.6 Å². The third-order valence-corrected chi connectivity index (χ3v) is 2.92. The standard InChI is InChI=1S/C13H14ClF3/c1-3-9(2)7-8-10-11(13(15,16)17)5-4-6-12(10)14/h4-9H,3H2,1-2H3/b8-7+. The van der Waals surface area contributed by atoms with Gasteiger partial charge in [-0.3, -0.25) is 0 Å². The lowest BCUT2D eigenvalue weighted by Gasteiger charge is -2.12. The second kappa shape index (κ2) is 5.58. The van der Waals surface area contributed by atoms with Crippen LogP contribution in [-0.2, 0) is 6.18 Å². The summed E-state index contributed by atoms with van der Waals surface area (Å²) in [4.78, 5) is 0. The topological polar surface area (TPSA) is 0 Å². The molecule has 1 rings (SSSR count). The van der Waals surface area contributed by atoms with Crippen molar-refractivity contribution >= 4 is 17.7 Å². The van der Waals surface area contributed by atoms with E-state index >= 15 is 0 Å². The average molecular weight is 263 g/mol. The van der Waals surface area contributed by atoms with Gasteiger partial charge in [0, 0.05) is 10.6 Å². The summed E-state index contributed by atoms with van der Waals surface area (Å²) in [6.07, 6.45) is -0.294. The molecule has 0 radical (unpaired) electrons. The minimum absolute atomic E-state index is 0.0435. The Bertz CT molecular complexity index is 408. The van der Waals surface area contributed by atoms with Crippen LogP contribution in [0.25, 0.3) is 6.08 Å². The van der Waals surface area contributed by atoms with Crippen LogP contribution < -0.4 is 0 Å². The SMILES string of the molecule is CCC(C)/C=C/c1c(Cl)cccc1C(F)(F)F. The van der Waals surface area contributed by atoms with Gasteiger partial charge in [0.2, 0.25) is 0 Å². The summed E-state index contributed by atoms with van der Waals surface area (Å²) in [6.45, 7) is 3.92. The number of hydrogen-bond donors (Lipinski definition) is 0. The molecule has 0 aromatic heterocycles. The van der Waals surface area contributed by atoms with Crippen LogP contribution in [0, 0.1) is 5.92 Å². The molecule has 17 heavy (non-hydrogen) atoms. The first-order valence-corrected chi connectivity index (χ1v) is 5.78. The molecule has 0 aliphatic heterocycles. The number of benzene rings is 1. The first-order chi connectivity index (χ1) is 7.86. The highest BCUT2D eigenvalue weighted by Crippen LogP contribution is 2.35. The Kier molecular flexibility index (Phi) is 4.63. The molecule has 0 bridgehead atoms. The highest BCUT2D eigenvalue weighted by atomic mass is 35.5. The van der Waals surface area contributed by atoms with Crippen LogP contribution in [0.1, 0.15) is 31.4 Å². The van der Waals surface area contributed by atoms with Crippen molar-refractivity contribution in [1.82, 2.24) is 0 Å². The smallest absolute Gasteiger partial charge is 0.166 e. The lowest BCUT2D eigenvalue weighted by atomic mass is 10.0. The Balaban J connectivity index is 3.17. The van der Waals surface area contributed by atoms with E-state index in [1.54, 1.807) is 6.08 Å². The van der Waals surface area contributed by atoms with Gasteiger partial charge in [-0.1, -0.05) is 50.1 Å². The van der Waals surface area contributed by atoms with Crippen molar-refractivity contribution in [1.29, 1.82) is 0 Å². The Labute approximate surface area is 104 Å². The zero-order valence-electron chi connectivity index (χ0n) is 9.68. The zero-order chi connectivity index (χ0) is 13.1. The predicted molar refractivity (Wildman–Crippen MR) is 64.9 cm³/mol. The molecule has 0 N–H and O–H groups in total. The maximum absolute atomic E-state index is 12.7. The largest absolute Gasteiger partial charge is 0.417 e. The molecule has 1 aromatic carbocycles. The van der Waals surface area contributed by atoms with Gasteiger partial charge in [-0.25, -0.2) is 0 Å². The summed E-state index contributed by atoms with van der Waals surface area (Å²) < 4.78 is 38.2. The van der Waals surface area contributed by atoms with E-state index in [0.29, 0.717) is 0 Å². The van der Waals surface area contributed by atoms with Gasteiger partial charge in [0.05, 0.1) is 5.56 Å². The third kappa shape index (κ3) is 3.77. The highest BCUT2D eigenvalue weighted by molar-refractivity contribution is 6.32. The van der Waals surface area contributed by atoms with Gasteiger partial charge >= 0.3 is 6.18 Å². The molecule has 0 nitrogen and oxygen atoms in total. The highest BCUT2D eigenvalue weighted by Gasteiger charge is 2.33. The van der Waals surface area contributed by atoms with Gasteiger partial charge in [-0.05, 0) is 18.1 Å². The van der Waals surface area contributed by atoms with Crippen molar-refractivity contribution in [3.05, 3.63) is 40.4 Å². The molecular weight excluding hydrogens is 249 g/mol. The summed E-state index contributed by atoms with van der Waals surface area (Å²) >= 11 is 5.81. The maximum atomic E-state index is 12.7. The van der Waals surface area contributed by atoms with E-state index in [0.717, 1.165) is 12.5 Å². The molecule has 4 heteroatoms. The van der Waals surface area contributed by atoms with Crippen LogP contribution in [0.3, 0.4) is 0 Å². The lowest BCUT2D eigenvalue weighted by molar-refractivity contribution is -0.137. The van der Waals surface area contributed by atoms with E-state index in [4.69, 9.17) is 11.6 Å². The first-order valence-electron chi connectivity index (χ1n) is 5.40. The van der Waals surface area contributed by atoms with Crippen molar-refractivity contribution in [3.63, 3.8) is 0 Å². The van der Waals surface area contributed by atoms with Crippen molar-refractivity contribution in [2.75, 3.05) is 0 Å². The van der Waals surface area contributed by atoms with Crippen molar-refractivity contribution in [2.45, 2.75) is 26.4 Å². The molecule has 0 spiro atoms. The summed E-state index contributed by atoms with van der Waals surface area (Å²) in [7, 11) is 0. The molecule has 0 aliphatic rings. The molecule has 1 unspecified atom stereocenters. The predicted octanol–water partition coefficient (Wildman–Crippen LogP) is 5.42. The maximum Gasteiger partial charge on any atom is 0.417 e. The van der Waals surface area contributed by atoms with Gasteiger partial charge in [-0.2, -0.15) is 13.2 Å². The van der Waals surface area contributed by atoms with Gasteiger partial charge < -0.3 is 0 Å². The molecule has 0 heterocycles. The summed E-state index contributed by atoms with van der Waals surface area (Å²) in [6, 6.07) is 3.82. The molecule has 1 aromatic rings. The Morgan fingerprint density at radius 1 is 1.35 bits per heavy atom. The first kappa shape index (κ1) is 14.1. The van der Waals surface area contributed by atoms with Crippen molar-refractivity contribution in [3.8, 4) is 0 Å². The number of rotatable bonds is 3. The fourth-order valence-electron chi connectivity index (χ4n) is 1.35. The molecule has 94 valence electrons. The van der Waals surface area contributed by atoms with Gasteiger partial charge in [0.15, 0.2) is 0 Å². The van der Waals surface area contributed by atoms with E-state index in [1.807, 2.05) is 13.8 Å². The van der Waals surface area contributed by atoms with Crippen LogP contribution in [0.5, 0.6) is 0 Å². The molecule has 1 atom stereocenters. The number of allylic oxidation sites excluding steroid dienone is 1. The number of alkyl halides is 3. The molecule has 0 saturated heterocycles. The Morgan fingerprint density at radius 3 is 2.53 bits per heavy atom. The monoisotopic (exact) mass is 262 g/mol. The Morgan fingerprint density at radius 2 is 2.00 bits per heavy atom. The minimum atomic E-state index is -4.37. The molecule has 0 fully saturated rings. The van der Waals surface area contributed by atoms with E-state index in [-0.39, 0.29) is 16.5 Å². The molecule has 0 saturated carbocycles. The van der Waals surface area contributed by atoms with Crippen molar-refractivity contribution in [2.24, 2.45) is 5.92 Å². The average Bonchev–Trinajstić information content (AvgIpc) is 2.25. The van der Waals surface area contributed by atoms with Gasteiger partial charge in [-0.15, -0.1) is 0 Å². The van der Waals surface area contributed by atoms with E-state index < -0.39 is 11.7 Å². The van der Waals surface area contributed by atoms with Crippen LogP contribution in [0.4, 0.5) is 13.2 Å². The minimum Gasteiger partial charge on any atom is -0.166 e. The van der Waals surface area contributed by atoms with Crippen LogP contribution in [0.2, 0.25) is 5.02 Å². The second-order valence-corrected chi connectivity index (χ2v) is 4.35.